The van der Waals surface area contributed by atoms with Gasteiger partial charge in [0.15, 0.2) is 0 Å². The molecule has 0 radical (unpaired) electrons. The summed E-state index contributed by atoms with van der Waals surface area (Å²) in [5.74, 6) is -1.39. The van der Waals surface area contributed by atoms with Crippen molar-refractivity contribution in [3.63, 3.8) is 0 Å². The van der Waals surface area contributed by atoms with E-state index in [1.807, 2.05) is 20.8 Å². The Morgan fingerprint density at radius 3 is 2.55 bits per heavy atom. The molecule has 1 aliphatic rings. The maximum atomic E-state index is 11.8. The third kappa shape index (κ3) is 3.85. The minimum atomic E-state index is -0.865. The molecule has 0 aliphatic heterocycles. The zero-order chi connectivity index (χ0) is 15.3. The summed E-state index contributed by atoms with van der Waals surface area (Å²) in [6.45, 7) is 6.19. The second kappa shape index (κ2) is 6.92. The van der Waals surface area contributed by atoms with Crippen molar-refractivity contribution in [1.82, 2.24) is 10.6 Å². The normalized spacial score (nSPS) is 25.4. The molecule has 0 saturated heterocycles. The molecule has 1 rings (SSSR count). The first-order chi connectivity index (χ1) is 9.32. The Hall–Kier alpha value is -1.30. The molecule has 116 valence electrons. The molecule has 6 nitrogen and oxygen atoms in total. The minimum absolute atomic E-state index is 0.0573. The average molecular weight is 286 g/mol. The molecule has 3 atom stereocenters. The van der Waals surface area contributed by atoms with Crippen molar-refractivity contribution in [1.29, 1.82) is 0 Å². The van der Waals surface area contributed by atoms with Crippen molar-refractivity contribution >= 4 is 12.0 Å². The van der Waals surface area contributed by atoms with Gasteiger partial charge in [-0.2, -0.15) is 0 Å². The third-order valence-corrected chi connectivity index (χ3v) is 4.26. The summed E-state index contributed by atoms with van der Waals surface area (Å²) >= 11 is 0. The molecule has 1 aliphatic carbocycles. The van der Waals surface area contributed by atoms with Gasteiger partial charge in [0.25, 0.3) is 0 Å². The smallest absolute Gasteiger partial charge is 0.315 e. The van der Waals surface area contributed by atoms with E-state index in [4.69, 9.17) is 9.84 Å². The highest BCUT2D eigenvalue weighted by atomic mass is 16.5. The zero-order valence-corrected chi connectivity index (χ0v) is 12.7. The van der Waals surface area contributed by atoms with E-state index in [1.165, 1.54) is 0 Å². The molecular formula is C14H26N2O4. The number of hydrogen-bond donors (Lipinski definition) is 3. The number of carbonyl (C=O) groups excluding carboxylic acids is 1. The first-order valence-corrected chi connectivity index (χ1v) is 7.12. The lowest BCUT2D eigenvalue weighted by Crippen LogP contribution is -2.63. The standard InChI is InChI=1S/C14H26N2O4/c1-5-6-9(12(17)18)8-15-13(19)16-10-7-11(20-4)14(10,2)3/h9-11H,5-8H2,1-4H3,(H,17,18)(H2,15,16,19). The summed E-state index contributed by atoms with van der Waals surface area (Å²) < 4.78 is 5.33. The highest BCUT2D eigenvalue weighted by Gasteiger charge is 2.49. The van der Waals surface area contributed by atoms with E-state index in [1.54, 1.807) is 7.11 Å². The first-order valence-electron chi connectivity index (χ1n) is 7.12. The Morgan fingerprint density at radius 2 is 2.10 bits per heavy atom. The quantitative estimate of drug-likeness (QED) is 0.663. The third-order valence-electron chi connectivity index (χ3n) is 4.26. The van der Waals surface area contributed by atoms with Crippen molar-refractivity contribution in [2.45, 2.75) is 52.2 Å². The monoisotopic (exact) mass is 286 g/mol. The highest BCUT2D eigenvalue weighted by molar-refractivity contribution is 5.76. The molecule has 0 heterocycles. The summed E-state index contributed by atoms with van der Waals surface area (Å²) in [7, 11) is 1.67. The molecule has 20 heavy (non-hydrogen) atoms. The number of rotatable bonds is 7. The van der Waals surface area contributed by atoms with Crippen molar-refractivity contribution < 1.29 is 19.4 Å². The number of carboxylic acids is 1. The molecular weight excluding hydrogens is 260 g/mol. The number of hydrogen-bond acceptors (Lipinski definition) is 3. The maximum Gasteiger partial charge on any atom is 0.315 e. The van der Waals surface area contributed by atoms with Gasteiger partial charge >= 0.3 is 12.0 Å². The van der Waals surface area contributed by atoms with Crippen LogP contribution in [-0.4, -0.2) is 42.9 Å². The highest BCUT2D eigenvalue weighted by Crippen LogP contribution is 2.42. The molecule has 0 aromatic heterocycles. The summed E-state index contributed by atoms with van der Waals surface area (Å²) in [5, 5.41) is 14.5. The molecule has 2 amide bonds. The molecule has 0 aromatic rings. The number of amides is 2. The first kappa shape index (κ1) is 16.8. The number of urea groups is 1. The van der Waals surface area contributed by atoms with Crippen LogP contribution in [0.15, 0.2) is 0 Å². The number of carboxylic acid groups (broad SMARTS) is 1. The summed E-state index contributed by atoms with van der Waals surface area (Å²) in [5.41, 5.74) is -0.0955. The zero-order valence-electron chi connectivity index (χ0n) is 12.7. The summed E-state index contributed by atoms with van der Waals surface area (Å²) in [6.07, 6.45) is 2.29. The molecule has 0 aromatic carbocycles. The van der Waals surface area contributed by atoms with Crippen LogP contribution in [-0.2, 0) is 9.53 Å². The van der Waals surface area contributed by atoms with E-state index in [9.17, 15) is 9.59 Å². The minimum Gasteiger partial charge on any atom is -0.481 e. The molecule has 0 spiro atoms. The van der Waals surface area contributed by atoms with Gasteiger partial charge in [0.05, 0.1) is 12.0 Å². The van der Waals surface area contributed by atoms with Gasteiger partial charge in [0.1, 0.15) is 0 Å². The fourth-order valence-corrected chi connectivity index (χ4v) is 2.62. The van der Waals surface area contributed by atoms with E-state index in [-0.39, 0.29) is 30.1 Å². The number of aliphatic carboxylic acids is 1. The largest absolute Gasteiger partial charge is 0.481 e. The van der Waals surface area contributed by atoms with Crippen LogP contribution < -0.4 is 10.6 Å². The molecule has 1 fully saturated rings. The van der Waals surface area contributed by atoms with Crippen LogP contribution in [0, 0.1) is 11.3 Å². The van der Waals surface area contributed by atoms with E-state index >= 15 is 0 Å². The van der Waals surface area contributed by atoms with Crippen molar-refractivity contribution in [3.05, 3.63) is 0 Å². The van der Waals surface area contributed by atoms with Crippen LogP contribution in [0.4, 0.5) is 4.79 Å². The van der Waals surface area contributed by atoms with Gasteiger partial charge in [0.2, 0.25) is 0 Å². The van der Waals surface area contributed by atoms with E-state index < -0.39 is 11.9 Å². The van der Waals surface area contributed by atoms with Gasteiger partial charge in [-0.3, -0.25) is 4.79 Å². The SMILES string of the molecule is CCCC(CNC(=O)NC1CC(OC)C1(C)C)C(=O)O. The maximum absolute atomic E-state index is 11.8. The van der Waals surface area contributed by atoms with Gasteiger partial charge in [-0.05, 0) is 12.8 Å². The van der Waals surface area contributed by atoms with Gasteiger partial charge in [-0.1, -0.05) is 27.2 Å². The van der Waals surface area contributed by atoms with Crippen molar-refractivity contribution in [2.24, 2.45) is 11.3 Å². The Morgan fingerprint density at radius 1 is 1.45 bits per heavy atom. The second-order valence-corrected chi connectivity index (χ2v) is 6.01. The number of carbonyl (C=O) groups is 2. The van der Waals surface area contributed by atoms with E-state index in [0.29, 0.717) is 6.42 Å². The molecule has 3 unspecified atom stereocenters. The van der Waals surface area contributed by atoms with E-state index in [2.05, 4.69) is 10.6 Å². The Balaban J connectivity index is 2.36. The van der Waals surface area contributed by atoms with E-state index in [0.717, 1.165) is 12.8 Å². The van der Waals surface area contributed by atoms with Gasteiger partial charge in [-0.25, -0.2) is 4.79 Å². The predicted molar refractivity (Wildman–Crippen MR) is 75.6 cm³/mol. The molecule has 0 bridgehead atoms. The Kier molecular flexibility index (Phi) is 5.80. The fraction of sp³-hybridized carbons (Fsp3) is 0.857. The van der Waals surface area contributed by atoms with Crippen LogP contribution in [0.5, 0.6) is 0 Å². The van der Waals surface area contributed by atoms with Crippen molar-refractivity contribution in [3.8, 4) is 0 Å². The fourth-order valence-electron chi connectivity index (χ4n) is 2.62. The Labute approximate surface area is 120 Å². The average Bonchev–Trinajstić information content (AvgIpc) is 2.38. The predicted octanol–water partition coefficient (Wildman–Crippen LogP) is 1.60. The molecule has 1 saturated carbocycles. The summed E-state index contributed by atoms with van der Waals surface area (Å²) in [6, 6.07) is -0.248. The number of methoxy groups -OCH3 is 1. The van der Waals surface area contributed by atoms with Crippen LogP contribution in [0.3, 0.4) is 0 Å². The number of nitrogens with one attached hydrogen (secondary N) is 2. The second-order valence-electron chi connectivity index (χ2n) is 6.01. The van der Waals surface area contributed by atoms with Crippen LogP contribution >= 0.6 is 0 Å². The summed E-state index contributed by atoms with van der Waals surface area (Å²) in [4.78, 5) is 22.8. The van der Waals surface area contributed by atoms with Gasteiger partial charge < -0.3 is 20.5 Å². The molecule has 3 N–H and O–H groups in total. The van der Waals surface area contributed by atoms with Crippen LogP contribution in [0.2, 0.25) is 0 Å². The lowest BCUT2D eigenvalue weighted by atomic mass is 9.64. The van der Waals surface area contributed by atoms with Gasteiger partial charge in [0, 0.05) is 25.1 Å². The van der Waals surface area contributed by atoms with Crippen LogP contribution in [0.1, 0.15) is 40.0 Å². The molecule has 6 heteroatoms. The van der Waals surface area contributed by atoms with Crippen molar-refractivity contribution in [2.75, 3.05) is 13.7 Å². The lowest BCUT2D eigenvalue weighted by molar-refractivity contribution is -0.141. The topological polar surface area (TPSA) is 87.7 Å². The Bertz CT molecular complexity index is 357. The van der Waals surface area contributed by atoms with Crippen LogP contribution in [0.25, 0.3) is 0 Å². The van der Waals surface area contributed by atoms with Gasteiger partial charge in [-0.15, -0.1) is 0 Å². The lowest BCUT2D eigenvalue weighted by Gasteiger charge is -2.51. The number of ether oxygens (including phenoxy) is 1.